The minimum absolute atomic E-state index is 0.0407. The Morgan fingerprint density at radius 3 is 2.57 bits per heavy atom. The summed E-state index contributed by atoms with van der Waals surface area (Å²) in [5.41, 5.74) is 2.58. The molecule has 154 valence electrons. The van der Waals surface area contributed by atoms with Gasteiger partial charge in [0.05, 0.1) is 17.9 Å². The summed E-state index contributed by atoms with van der Waals surface area (Å²) in [4.78, 5) is 39.8. The number of benzene rings is 1. The van der Waals surface area contributed by atoms with Gasteiger partial charge in [0.15, 0.2) is 5.78 Å². The Hall–Kier alpha value is -3.39. The van der Waals surface area contributed by atoms with Gasteiger partial charge in [0.1, 0.15) is 6.33 Å². The number of Topliss-reactive ketones (excluding diaryl/α,β-unsaturated/α-hetero) is 1. The summed E-state index contributed by atoms with van der Waals surface area (Å²) >= 11 is 0. The summed E-state index contributed by atoms with van der Waals surface area (Å²) < 4.78 is 1.37. The number of hydrogen-bond acceptors (Lipinski definition) is 7. The van der Waals surface area contributed by atoms with Crippen LogP contribution < -0.4 is 10.9 Å². The van der Waals surface area contributed by atoms with Crippen molar-refractivity contribution in [2.45, 2.75) is 19.4 Å². The van der Waals surface area contributed by atoms with Crippen molar-refractivity contribution in [1.29, 1.82) is 0 Å². The van der Waals surface area contributed by atoms with E-state index in [9.17, 15) is 9.59 Å². The maximum Gasteiger partial charge on any atom is 0.255 e. The molecule has 8 heteroatoms. The molecule has 4 rings (SSSR count). The fraction of sp³-hybridized carbons (Fsp3) is 0.318. The number of nitrogens with one attached hydrogen (secondary N) is 1. The highest BCUT2D eigenvalue weighted by molar-refractivity contribution is 5.98. The van der Waals surface area contributed by atoms with Gasteiger partial charge in [-0.15, -0.1) is 0 Å². The molecule has 1 N–H and O–H groups in total. The van der Waals surface area contributed by atoms with E-state index in [1.807, 2.05) is 24.3 Å². The van der Waals surface area contributed by atoms with Crippen LogP contribution in [0, 0.1) is 0 Å². The predicted octanol–water partition coefficient (Wildman–Crippen LogP) is 2.13. The van der Waals surface area contributed by atoms with Gasteiger partial charge >= 0.3 is 0 Å². The first-order chi connectivity index (χ1) is 14.6. The Labute approximate surface area is 174 Å². The first-order valence-electron chi connectivity index (χ1n) is 10.0. The Bertz CT molecular complexity index is 1070. The van der Waals surface area contributed by atoms with Gasteiger partial charge in [-0.05, 0) is 37.6 Å². The molecule has 2 aromatic heterocycles. The molecule has 1 aliphatic heterocycles. The highest BCUT2D eigenvalue weighted by Gasteiger charge is 2.13. The zero-order chi connectivity index (χ0) is 20.9. The SMILES string of the molecule is Cn1c(NCC(=O)c2ccc(CN3CCCC3)cc2)nc(-c2ccncn2)cc1=O. The second-order valence-corrected chi connectivity index (χ2v) is 7.41. The third kappa shape index (κ3) is 4.60. The molecule has 0 spiro atoms. The normalized spacial score (nSPS) is 14.0. The van der Waals surface area contributed by atoms with Crippen LogP contribution in [-0.4, -0.2) is 49.8 Å². The van der Waals surface area contributed by atoms with Gasteiger partial charge in [-0.2, -0.15) is 0 Å². The van der Waals surface area contributed by atoms with Crippen molar-refractivity contribution in [2.75, 3.05) is 25.0 Å². The van der Waals surface area contributed by atoms with Crippen molar-refractivity contribution in [3.8, 4) is 11.4 Å². The summed E-state index contributed by atoms with van der Waals surface area (Å²) in [5, 5.41) is 2.99. The van der Waals surface area contributed by atoms with Crippen LogP contribution >= 0.6 is 0 Å². The molecular formula is C22H24N6O2. The monoisotopic (exact) mass is 404 g/mol. The molecule has 1 saturated heterocycles. The van der Waals surface area contributed by atoms with E-state index in [0.29, 0.717) is 22.9 Å². The number of carbonyl (C=O) groups is 1. The molecule has 3 heterocycles. The lowest BCUT2D eigenvalue weighted by Gasteiger charge is -2.14. The Morgan fingerprint density at radius 1 is 1.10 bits per heavy atom. The fourth-order valence-corrected chi connectivity index (χ4v) is 3.53. The number of rotatable bonds is 7. The van der Waals surface area contributed by atoms with Gasteiger partial charge in [-0.25, -0.2) is 15.0 Å². The zero-order valence-electron chi connectivity index (χ0n) is 16.9. The van der Waals surface area contributed by atoms with Crippen molar-refractivity contribution in [3.63, 3.8) is 0 Å². The van der Waals surface area contributed by atoms with Crippen LogP contribution in [0.5, 0.6) is 0 Å². The van der Waals surface area contributed by atoms with Gasteiger partial charge in [0.2, 0.25) is 5.95 Å². The Morgan fingerprint density at radius 2 is 1.87 bits per heavy atom. The first kappa shape index (κ1) is 19.9. The molecule has 8 nitrogen and oxygen atoms in total. The number of anilines is 1. The second-order valence-electron chi connectivity index (χ2n) is 7.41. The van der Waals surface area contributed by atoms with Crippen LogP contribution in [0.1, 0.15) is 28.8 Å². The smallest absolute Gasteiger partial charge is 0.255 e. The van der Waals surface area contributed by atoms with E-state index < -0.39 is 0 Å². The van der Waals surface area contributed by atoms with Crippen LogP contribution in [0.4, 0.5) is 5.95 Å². The van der Waals surface area contributed by atoms with Gasteiger partial charge in [-0.3, -0.25) is 19.1 Å². The zero-order valence-corrected chi connectivity index (χ0v) is 16.9. The minimum Gasteiger partial charge on any atom is -0.348 e. The van der Waals surface area contributed by atoms with E-state index in [0.717, 1.165) is 19.6 Å². The van der Waals surface area contributed by atoms with Crippen molar-refractivity contribution >= 4 is 11.7 Å². The number of nitrogens with zero attached hydrogens (tertiary/aromatic N) is 5. The van der Waals surface area contributed by atoms with Crippen LogP contribution in [0.2, 0.25) is 0 Å². The van der Waals surface area contributed by atoms with Crippen molar-refractivity contribution < 1.29 is 4.79 Å². The number of likely N-dealkylation sites (tertiary alicyclic amines) is 1. The highest BCUT2D eigenvalue weighted by atomic mass is 16.1. The van der Waals surface area contributed by atoms with E-state index in [4.69, 9.17) is 0 Å². The average Bonchev–Trinajstić information content (AvgIpc) is 3.28. The predicted molar refractivity (Wildman–Crippen MR) is 114 cm³/mol. The molecule has 1 fully saturated rings. The van der Waals surface area contributed by atoms with E-state index >= 15 is 0 Å². The Balaban J connectivity index is 1.43. The summed E-state index contributed by atoms with van der Waals surface area (Å²) in [6.45, 7) is 3.25. The van der Waals surface area contributed by atoms with Crippen LogP contribution in [0.3, 0.4) is 0 Å². The number of ketones is 1. The molecule has 0 bridgehead atoms. The van der Waals surface area contributed by atoms with Crippen molar-refractivity contribution in [1.82, 2.24) is 24.4 Å². The molecule has 0 radical (unpaired) electrons. The van der Waals surface area contributed by atoms with Crippen LogP contribution in [0.25, 0.3) is 11.4 Å². The molecule has 1 aliphatic rings. The Kier molecular flexibility index (Phi) is 5.94. The highest BCUT2D eigenvalue weighted by Crippen LogP contribution is 2.15. The molecule has 0 atom stereocenters. The maximum absolute atomic E-state index is 12.6. The standard InChI is InChI=1S/C22H24N6O2/c1-27-21(30)12-19(18-8-9-23-15-25-18)26-22(27)24-13-20(29)17-6-4-16(5-7-17)14-28-10-2-3-11-28/h4-9,12,15H,2-3,10-11,13-14H2,1H3,(H,24,26). The van der Waals surface area contributed by atoms with E-state index in [-0.39, 0.29) is 17.9 Å². The molecule has 0 aliphatic carbocycles. The first-order valence-corrected chi connectivity index (χ1v) is 10.0. The average molecular weight is 404 g/mol. The van der Waals surface area contributed by atoms with Crippen molar-refractivity contribution in [2.24, 2.45) is 7.05 Å². The van der Waals surface area contributed by atoms with E-state index in [1.54, 1.807) is 19.3 Å². The van der Waals surface area contributed by atoms with Gasteiger partial charge in [0.25, 0.3) is 5.56 Å². The molecule has 0 amide bonds. The number of hydrogen-bond donors (Lipinski definition) is 1. The summed E-state index contributed by atoms with van der Waals surface area (Å²) in [6, 6.07) is 10.8. The lowest BCUT2D eigenvalue weighted by molar-refractivity contribution is 0.101. The summed E-state index contributed by atoms with van der Waals surface area (Å²) in [5.74, 6) is 0.250. The van der Waals surface area contributed by atoms with Gasteiger partial charge < -0.3 is 5.32 Å². The van der Waals surface area contributed by atoms with Crippen LogP contribution in [0.15, 0.2) is 53.7 Å². The third-order valence-electron chi connectivity index (χ3n) is 5.27. The number of aromatic nitrogens is 4. The summed E-state index contributed by atoms with van der Waals surface area (Å²) in [6.07, 6.45) is 5.51. The quantitative estimate of drug-likeness (QED) is 0.603. The van der Waals surface area contributed by atoms with E-state index in [2.05, 4.69) is 25.2 Å². The maximum atomic E-state index is 12.6. The molecule has 30 heavy (non-hydrogen) atoms. The minimum atomic E-state index is -0.236. The molecule has 0 unspecified atom stereocenters. The van der Waals surface area contributed by atoms with Gasteiger partial charge in [0, 0.05) is 31.4 Å². The van der Waals surface area contributed by atoms with Crippen molar-refractivity contribution in [3.05, 3.63) is 70.4 Å². The molecule has 1 aromatic carbocycles. The third-order valence-corrected chi connectivity index (χ3v) is 5.27. The lowest BCUT2D eigenvalue weighted by Crippen LogP contribution is -2.24. The second kappa shape index (κ2) is 8.96. The van der Waals surface area contributed by atoms with E-state index in [1.165, 1.54) is 35.4 Å². The lowest BCUT2D eigenvalue weighted by atomic mass is 10.1. The number of carbonyl (C=O) groups excluding carboxylic acids is 1. The summed E-state index contributed by atoms with van der Waals surface area (Å²) in [7, 11) is 1.61. The van der Waals surface area contributed by atoms with Gasteiger partial charge in [-0.1, -0.05) is 24.3 Å². The molecular weight excluding hydrogens is 380 g/mol. The molecule has 0 saturated carbocycles. The fourth-order valence-electron chi connectivity index (χ4n) is 3.53. The molecule has 3 aromatic rings. The van der Waals surface area contributed by atoms with Crippen LogP contribution in [-0.2, 0) is 13.6 Å². The largest absolute Gasteiger partial charge is 0.348 e. The topological polar surface area (TPSA) is 93.0 Å².